The number of rotatable bonds is 2. The predicted octanol–water partition coefficient (Wildman–Crippen LogP) is 5.52. The molecule has 1 aliphatic heterocycles. The lowest BCUT2D eigenvalue weighted by Gasteiger charge is -2.31. The first-order valence-electron chi connectivity index (χ1n) is 8.75. The van der Waals surface area contributed by atoms with Gasteiger partial charge in [-0.05, 0) is 54.4 Å². The van der Waals surface area contributed by atoms with Gasteiger partial charge >= 0.3 is 0 Å². The first kappa shape index (κ1) is 15.8. The summed E-state index contributed by atoms with van der Waals surface area (Å²) in [5, 5.41) is 0. The topological polar surface area (TPSA) is 38.3 Å². The van der Waals surface area contributed by atoms with Crippen LogP contribution in [-0.2, 0) is 6.54 Å². The number of hydrogen-bond acceptors (Lipinski definition) is 4. The first-order chi connectivity index (χ1) is 13.2. The third-order valence-corrected chi connectivity index (χ3v) is 4.62. The molecular weight excluding hydrogens is 341 g/mol. The van der Waals surface area contributed by atoms with Crippen molar-refractivity contribution in [3.05, 3.63) is 83.7 Å². The Balaban J connectivity index is 1.69. The third kappa shape index (κ3) is 2.77. The molecule has 0 fully saturated rings. The van der Waals surface area contributed by atoms with E-state index in [4.69, 9.17) is 9.72 Å². The highest BCUT2D eigenvalue weighted by atomic mass is 19.1. The van der Waals surface area contributed by atoms with Crippen LogP contribution in [0.15, 0.2) is 66.7 Å². The van der Waals surface area contributed by atoms with Crippen molar-refractivity contribution >= 4 is 22.5 Å². The Morgan fingerprint density at radius 2 is 1.74 bits per heavy atom. The van der Waals surface area contributed by atoms with Gasteiger partial charge in [0.2, 0.25) is 0 Å². The Hall–Kier alpha value is -3.47. The summed E-state index contributed by atoms with van der Waals surface area (Å²) in [6.45, 7) is 2.49. The Bertz CT molecular complexity index is 1180. The van der Waals surface area contributed by atoms with Crippen molar-refractivity contribution in [3.63, 3.8) is 0 Å². The zero-order valence-corrected chi connectivity index (χ0v) is 14.7. The molecule has 132 valence electrons. The number of aryl methyl sites for hydroxylation is 1. The van der Waals surface area contributed by atoms with Gasteiger partial charge in [0.1, 0.15) is 5.82 Å². The van der Waals surface area contributed by atoms with Gasteiger partial charge in [-0.1, -0.05) is 30.3 Å². The molecule has 1 aromatic heterocycles. The van der Waals surface area contributed by atoms with E-state index in [-0.39, 0.29) is 5.82 Å². The molecule has 0 saturated heterocycles. The normalized spacial score (nSPS) is 12.4. The summed E-state index contributed by atoms with van der Waals surface area (Å²) in [7, 11) is 0. The van der Waals surface area contributed by atoms with Gasteiger partial charge in [0.15, 0.2) is 11.6 Å². The number of ether oxygens (including phenoxy) is 1. The van der Waals surface area contributed by atoms with Crippen molar-refractivity contribution < 1.29 is 9.13 Å². The summed E-state index contributed by atoms with van der Waals surface area (Å²) >= 11 is 0. The molecule has 0 amide bonds. The zero-order valence-electron chi connectivity index (χ0n) is 14.7. The number of anilines is 2. The van der Waals surface area contributed by atoms with Crippen molar-refractivity contribution in [1.82, 2.24) is 9.97 Å². The molecule has 0 unspecified atom stereocenters. The molecule has 0 saturated carbocycles. The summed E-state index contributed by atoms with van der Waals surface area (Å²) in [5.41, 5.74) is 4.40. The second kappa shape index (κ2) is 6.06. The summed E-state index contributed by atoms with van der Waals surface area (Å²) in [6, 6.07) is 20.3. The molecule has 0 N–H and O–H groups in total. The lowest BCUT2D eigenvalue weighted by molar-refractivity contribution is 0.452. The minimum atomic E-state index is -0.255. The fraction of sp³-hybridized carbons (Fsp3) is 0.0909. The SMILES string of the molecule is Cc1ccc2c(c1)Oc1nc3ccccc3nc1N2Cc1cccc(F)c1. The van der Waals surface area contributed by atoms with Crippen LogP contribution in [0.3, 0.4) is 0 Å². The summed E-state index contributed by atoms with van der Waals surface area (Å²) in [6.07, 6.45) is 0. The molecule has 1 aliphatic rings. The van der Waals surface area contributed by atoms with Crippen LogP contribution in [0.1, 0.15) is 11.1 Å². The van der Waals surface area contributed by atoms with E-state index in [9.17, 15) is 4.39 Å². The van der Waals surface area contributed by atoms with Gasteiger partial charge in [0.05, 0.1) is 16.7 Å². The Morgan fingerprint density at radius 1 is 0.926 bits per heavy atom. The van der Waals surface area contributed by atoms with Gasteiger partial charge in [-0.25, -0.2) is 14.4 Å². The Kier molecular flexibility index (Phi) is 3.53. The standard InChI is InChI=1S/C22H16FN3O/c1-14-9-10-19-20(11-14)27-22-21(24-17-7-2-3-8-18(17)25-22)26(19)13-15-5-4-6-16(23)12-15/h2-12H,13H2,1H3. The fourth-order valence-electron chi connectivity index (χ4n) is 3.34. The smallest absolute Gasteiger partial charge is 0.264 e. The Morgan fingerprint density at radius 3 is 2.56 bits per heavy atom. The van der Waals surface area contributed by atoms with Crippen LogP contribution in [0.2, 0.25) is 0 Å². The minimum absolute atomic E-state index is 0.255. The lowest BCUT2D eigenvalue weighted by atomic mass is 10.1. The zero-order chi connectivity index (χ0) is 18.4. The van der Waals surface area contributed by atoms with Gasteiger partial charge in [-0.15, -0.1) is 0 Å². The predicted molar refractivity (Wildman–Crippen MR) is 103 cm³/mol. The molecule has 5 rings (SSSR count). The summed E-state index contributed by atoms with van der Waals surface area (Å²) in [4.78, 5) is 11.5. The van der Waals surface area contributed by atoms with E-state index >= 15 is 0 Å². The van der Waals surface area contributed by atoms with E-state index in [1.54, 1.807) is 6.07 Å². The molecule has 27 heavy (non-hydrogen) atoms. The maximum atomic E-state index is 13.7. The van der Waals surface area contributed by atoms with E-state index in [0.717, 1.165) is 33.6 Å². The van der Waals surface area contributed by atoms with Gasteiger partial charge in [0, 0.05) is 6.54 Å². The van der Waals surface area contributed by atoms with Gasteiger partial charge in [-0.3, -0.25) is 0 Å². The molecule has 5 heteroatoms. The van der Waals surface area contributed by atoms with E-state index < -0.39 is 0 Å². The van der Waals surface area contributed by atoms with E-state index in [1.165, 1.54) is 12.1 Å². The molecule has 2 heterocycles. The van der Waals surface area contributed by atoms with Crippen molar-refractivity contribution in [2.24, 2.45) is 0 Å². The number of halogens is 1. The van der Waals surface area contributed by atoms with Crippen LogP contribution in [-0.4, -0.2) is 9.97 Å². The maximum absolute atomic E-state index is 13.7. The van der Waals surface area contributed by atoms with Crippen molar-refractivity contribution in [2.45, 2.75) is 13.5 Å². The van der Waals surface area contributed by atoms with Crippen LogP contribution in [0.25, 0.3) is 11.0 Å². The lowest BCUT2D eigenvalue weighted by Crippen LogP contribution is -2.22. The molecule has 0 radical (unpaired) electrons. The maximum Gasteiger partial charge on any atom is 0.264 e. The van der Waals surface area contributed by atoms with Crippen LogP contribution in [0.5, 0.6) is 11.6 Å². The highest BCUT2D eigenvalue weighted by Gasteiger charge is 2.28. The van der Waals surface area contributed by atoms with E-state index in [0.29, 0.717) is 18.2 Å². The van der Waals surface area contributed by atoms with E-state index in [1.807, 2.05) is 60.4 Å². The molecule has 0 atom stereocenters. The minimum Gasteiger partial charge on any atom is -0.434 e. The third-order valence-electron chi connectivity index (χ3n) is 4.62. The second-order valence-electron chi connectivity index (χ2n) is 6.63. The molecule has 0 aliphatic carbocycles. The van der Waals surface area contributed by atoms with Gasteiger partial charge in [0.25, 0.3) is 5.88 Å². The number of nitrogens with zero attached hydrogens (tertiary/aromatic N) is 3. The molecule has 4 aromatic rings. The number of fused-ring (bicyclic) bond motifs is 3. The molecule has 0 bridgehead atoms. The monoisotopic (exact) mass is 357 g/mol. The largest absolute Gasteiger partial charge is 0.434 e. The van der Waals surface area contributed by atoms with E-state index in [2.05, 4.69) is 4.98 Å². The van der Waals surface area contributed by atoms with Crippen LogP contribution in [0.4, 0.5) is 15.9 Å². The van der Waals surface area contributed by atoms with Crippen molar-refractivity contribution in [2.75, 3.05) is 4.90 Å². The number of benzene rings is 3. The van der Waals surface area contributed by atoms with Crippen molar-refractivity contribution in [1.29, 1.82) is 0 Å². The van der Waals surface area contributed by atoms with Gasteiger partial charge in [-0.2, -0.15) is 0 Å². The first-order valence-corrected chi connectivity index (χ1v) is 8.75. The van der Waals surface area contributed by atoms with Crippen LogP contribution in [0, 0.1) is 12.7 Å². The Labute approximate surface area is 155 Å². The quantitative estimate of drug-likeness (QED) is 0.473. The van der Waals surface area contributed by atoms with Gasteiger partial charge < -0.3 is 9.64 Å². The van der Waals surface area contributed by atoms with Crippen LogP contribution >= 0.6 is 0 Å². The highest BCUT2D eigenvalue weighted by Crippen LogP contribution is 2.46. The van der Waals surface area contributed by atoms with Crippen LogP contribution < -0.4 is 9.64 Å². The average molecular weight is 357 g/mol. The molecule has 0 spiro atoms. The summed E-state index contributed by atoms with van der Waals surface area (Å²) < 4.78 is 19.8. The van der Waals surface area contributed by atoms with Crippen molar-refractivity contribution in [3.8, 4) is 11.6 Å². The molecule has 3 aromatic carbocycles. The fourth-order valence-corrected chi connectivity index (χ4v) is 3.34. The summed E-state index contributed by atoms with van der Waals surface area (Å²) in [5.74, 6) is 1.57. The average Bonchev–Trinajstić information content (AvgIpc) is 2.66. The molecule has 4 nitrogen and oxygen atoms in total. The number of aromatic nitrogens is 2. The molecular formula is C22H16FN3O. The number of para-hydroxylation sites is 2. The highest BCUT2D eigenvalue weighted by molar-refractivity contribution is 5.82. The second-order valence-corrected chi connectivity index (χ2v) is 6.63. The number of hydrogen-bond donors (Lipinski definition) is 0.